The summed E-state index contributed by atoms with van der Waals surface area (Å²) in [7, 11) is 0. The second kappa shape index (κ2) is 55.7. The van der Waals surface area contributed by atoms with E-state index in [-0.39, 0.29) is 18.5 Å². The summed E-state index contributed by atoms with van der Waals surface area (Å²) in [6.45, 7) is 4.84. The van der Waals surface area contributed by atoms with Crippen molar-refractivity contribution in [3.05, 3.63) is 36.5 Å². The van der Waals surface area contributed by atoms with E-state index in [9.17, 15) is 19.8 Å². The lowest BCUT2D eigenvalue weighted by Gasteiger charge is -2.20. The predicted molar refractivity (Wildman–Crippen MR) is 287 cm³/mol. The number of allylic oxidation sites excluding steroid dienone is 5. The molecule has 0 aliphatic carbocycles. The Bertz CT molecular complexity index is 1070. The molecule has 0 saturated carbocycles. The SMILES string of the molecule is CCC/C=C\C/C=C\CCCCCCCC(=O)OCCCCCCCCCCCCCCCCCCCCC(=O)NC(CO)C(O)/C=C/CCCCCCCCCCCCCCCCCC. The van der Waals surface area contributed by atoms with Gasteiger partial charge in [-0.25, -0.2) is 0 Å². The molecule has 0 saturated heterocycles. The van der Waals surface area contributed by atoms with Gasteiger partial charge in [-0.2, -0.15) is 0 Å². The molecule has 6 nitrogen and oxygen atoms in total. The van der Waals surface area contributed by atoms with Crippen LogP contribution in [0.2, 0.25) is 0 Å². The molecule has 0 aromatic rings. The van der Waals surface area contributed by atoms with Crippen molar-refractivity contribution in [2.75, 3.05) is 13.2 Å². The second-order valence-corrected chi connectivity index (χ2v) is 20.0. The third-order valence-corrected chi connectivity index (χ3v) is 13.4. The van der Waals surface area contributed by atoms with Crippen LogP contribution in [-0.2, 0) is 14.3 Å². The van der Waals surface area contributed by atoms with Crippen molar-refractivity contribution in [1.29, 1.82) is 0 Å². The topological polar surface area (TPSA) is 95.9 Å². The quantitative estimate of drug-likeness (QED) is 0.0321. The number of aliphatic hydroxyl groups excluding tert-OH is 2. The first-order valence-corrected chi connectivity index (χ1v) is 29.3. The number of hydrogen-bond acceptors (Lipinski definition) is 5. The van der Waals surface area contributed by atoms with Crippen LogP contribution in [0.1, 0.15) is 309 Å². The third kappa shape index (κ3) is 51.5. The van der Waals surface area contributed by atoms with Crippen LogP contribution in [0, 0.1) is 0 Å². The van der Waals surface area contributed by atoms with E-state index in [1.807, 2.05) is 6.08 Å². The van der Waals surface area contributed by atoms with Gasteiger partial charge in [0.05, 0.1) is 25.4 Å². The Hall–Kier alpha value is -1.92. The van der Waals surface area contributed by atoms with Gasteiger partial charge in [0.2, 0.25) is 5.91 Å². The van der Waals surface area contributed by atoms with E-state index >= 15 is 0 Å². The fourth-order valence-corrected chi connectivity index (χ4v) is 8.91. The molecule has 0 aromatic carbocycles. The molecule has 0 fully saturated rings. The highest BCUT2D eigenvalue weighted by Gasteiger charge is 2.18. The number of hydrogen-bond donors (Lipinski definition) is 3. The number of rotatable bonds is 54. The summed E-state index contributed by atoms with van der Waals surface area (Å²) in [5.41, 5.74) is 0. The molecule has 1 amide bonds. The summed E-state index contributed by atoms with van der Waals surface area (Å²) in [6, 6.07) is -0.632. The van der Waals surface area contributed by atoms with Gasteiger partial charge in [-0.1, -0.05) is 275 Å². The molecular formula is C60H113NO5. The van der Waals surface area contributed by atoms with E-state index in [4.69, 9.17) is 4.74 Å². The minimum absolute atomic E-state index is 0.00893. The molecule has 66 heavy (non-hydrogen) atoms. The van der Waals surface area contributed by atoms with Crippen LogP contribution in [0.3, 0.4) is 0 Å². The number of amides is 1. The van der Waals surface area contributed by atoms with Gasteiger partial charge in [-0.05, 0) is 57.8 Å². The van der Waals surface area contributed by atoms with Gasteiger partial charge in [0.25, 0.3) is 0 Å². The van der Waals surface area contributed by atoms with Crippen LogP contribution >= 0.6 is 0 Å². The van der Waals surface area contributed by atoms with Gasteiger partial charge < -0.3 is 20.3 Å². The van der Waals surface area contributed by atoms with Gasteiger partial charge >= 0.3 is 5.97 Å². The van der Waals surface area contributed by atoms with E-state index in [1.54, 1.807) is 6.08 Å². The number of esters is 1. The smallest absolute Gasteiger partial charge is 0.305 e. The maximum absolute atomic E-state index is 12.5. The largest absolute Gasteiger partial charge is 0.466 e. The average molecular weight is 929 g/mol. The Morgan fingerprint density at radius 3 is 1.21 bits per heavy atom. The third-order valence-electron chi connectivity index (χ3n) is 13.4. The Kier molecular flexibility index (Phi) is 54.1. The zero-order chi connectivity index (χ0) is 47.9. The monoisotopic (exact) mass is 928 g/mol. The second-order valence-electron chi connectivity index (χ2n) is 20.0. The molecule has 6 heteroatoms. The molecule has 388 valence electrons. The molecule has 0 heterocycles. The first kappa shape index (κ1) is 64.1. The number of unbranched alkanes of at least 4 members (excludes halogenated alkanes) is 39. The fraction of sp³-hybridized carbons (Fsp3) is 0.867. The van der Waals surface area contributed by atoms with Crippen LogP contribution in [0.4, 0.5) is 0 Å². The van der Waals surface area contributed by atoms with Crippen molar-refractivity contribution in [3.8, 4) is 0 Å². The zero-order valence-corrected chi connectivity index (χ0v) is 44.2. The summed E-state index contributed by atoms with van der Waals surface area (Å²) in [5.74, 6) is -0.0797. The Morgan fingerprint density at radius 1 is 0.424 bits per heavy atom. The molecule has 3 N–H and O–H groups in total. The molecule has 0 radical (unpaired) electrons. The maximum Gasteiger partial charge on any atom is 0.305 e. The van der Waals surface area contributed by atoms with Crippen molar-refractivity contribution in [2.45, 2.75) is 321 Å². The minimum Gasteiger partial charge on any atom is -0.466 e. The first-order chi connectivity index (χ1) is 32.5. The minimum atomic E-state index is -0.848. The lowest BCUT2D eigenvalue weighted by atomic mass is 10.0. The van der Waals surface area contributed by atoms with E-state index in [0.29, 0.717) is 19.4 Å². The highest BCUT2D eigenvalue weighted by Crippen LogP contribution is 2.17. The molecule has 0 rings (SSSR count). The van der Waals surface area contributed by atoms with Crippen molar-refractivity contribution in [1.82, 2.24) is 5.32 Å². The molecular weight excluding hydrogens is 815 g/mol. The van der Waals surface area contributed by atoms with Crippen LogP contribution in [0.25, 0.3) is 0 Å². The van der Waals surface area contributed by atoms with E-state index < -0.39 is 12.1 Å². The number of carbonyl (C=O) groups excluding carboxylic acids is 2. The van der Waals surface area contributed by atoms with Gasteiger partial charge in [0.15, 0.2) is 0 Å². The maximum atomic E-state index is 12.5. The van der Waals surface area contributed by atoms with Crippen LogP contribution in [-0.4, -0.2) is 47.4 Å². The summed E-state index contributed by atoms with van der Waals surface area (Å²) in [5, 5.41) is 23.2. The number of nitrogens with one attached hydrogen (secondary N) is 1. The molecule has 0 spiro atoms. The Morgan fingerprint density at radius 2 is 0.788 bits per heavy atom. The van der Waals surface area contributed by atoms with Crippen molar-refractivity contribution < 1.29 is 24.5 Å². The lowest BCUT2D eigenvalue weighted by molar-refractivity contribution is -0.143. The highest BCUT2D eigenvalue weighted by molar-refractivity contribution is 5.76. The van der Waals surface area contributed by atoms with Crippen molar-refractivity contribution >= 4 is 11.9 Å². The molecule has 0 bridgehead atoms. The van der Waals surface area contributed by atoms with E-state index in [2.05, 4.69) is 43.5 Å². The Labute approximate surface area is 411 Å². The normalized spacial score (nSPS) is 12.8. The van der Waals surface area contributed by atoms with E-state index in [1.165, 1.54) is 231 Å². The van der Waals surface area contributed by atoms with Gasteiger partial charge in [0, 0.05) is 12.8 Å². The van der Waals surface area contributed by atoms with Gasteiger partial charge in [-0.15, -0.1) is 0 Å². The van der Waals surface area contributed by atoms with Crippen molar-refractivity contribution in [2.24, 2.45) is 0 Å². The lowest BCUT2D eigenvalue weighted by Crippen LogP contribution is -2.45. The van der Waals surface area contributed by atoms with Crippen molar-refractivity contribution in [3.63, 3.8) is 0 Å². The molecule has 0 aromatic heterocycles. The van der Waals surface area contributed by atoms with Gasteiger partial charge in [-0.3, -0.25) is 9.59 Å². The summed E-state index contributed by atoms with van der Waals surface area (Å²) in [4.78, 5) is 24.5. The summed E-state index contributed by atoms with van der Waals surface area (Å²) >= 11 is 0. The number of aliphatic hydroxyl groups is 2. The first-order valence-electron chi connectivity index (χ1n) is 29.3. The summed E-state index contributed by atoms with van der Waals surface area (Å²) in [6.07, 6.45) is 68.8. The molecule has 2 unspecified atom stereocenters. The number of carbonyl (C=O) groups is 2. The Balaban J connectivity index is 3.45. The fourth-order valence-electron chi connectivity index (χ4n) is 8.91. The van der Waals surface area contributed by atoms with E-state index in [0.717, 1.165) is 51.4 Å². The molecule has 0 aliphatic rings. The standard InChI is InChI=1S/C60H113NO5/c1-3-5-7-9-11-13-15-17-18-19-22-25-29-32-36-40-44-48-52-58(63)57(56-62)61-59(64)53-49-45-41-37-33-30-26-23-20-21-24-27-31-35-39-43-47-51-55-66-60(65)54-50-46-42-38-34-28-16-14-12-10-8-6-4-2/h8,10,14,16,48,52,57-58,62-63H,3-7,9,11-13,15,17-47,49-51,53-56H2,1-2H3,(H,61,64)/b10-8-,16-14-,52-48+. The van der Waals surface area contributed by atoms with Crippen LogP contribution in [0.15, 0.2) is 36.5 Å². The molecule has 0 aliphatic heterocycles. The average Bonchev–Trinajstić information content (AvgIpc) is 3.32. The highest BCUT2D eigenvalue weighted by atomic mass is 16.5. The summed E-state index contributed by atoms with van der Waals surface area (Å²) < 4.78 is 5.46. The zero-order valence-electron chi connectivity index (χ0n) is 44.2. The van der Waals surface area contributed by atoms with Crippen LogP contribution in [0.5, 0.6) is 0 Å². The van der Waals surface area contributed by atoms with Crippen LogP contribution < -0.4 is 5.32 Å². The predicted octanol–water partition coefficient (Wildman–Crippen LogP) is 18.0. The molecule has 2 atom stereocenters. The number of ether oxygens (including phenoxy) is 1. The van der Waals surface area contributed by atoms with Gasteiger partial charge in [0.1, 0.15) is 0 Å².